The molecule has 0 fully saturated rings. The van der Waals surface area contributed by atoms with Gasteiger partial charge in [0, 0.05) is 6.61 Å². The number of rotatable bonds is 6. The van der Waals surface area contributed by atoms with Crippen LogP contribution in [0.2, 0.25) is 0 Å². The molecule has 2 aromatic carbocycles. The van der Waals surface area contributed by atoms with Gasteiger partial charge in [-0.1, -0.05) is 50.2 Å². The first-order chi connectivity index (χ1) is 10.1. The summed E-state index contributed by atoms with van der Waals surface area (Å²) in [6, 6.07) is 15.1. The Balaban J connectivity index is 1.99. The summed E-state index contributed by atoms with van der Waals surface area (Å²) in [5.41, 5.74) is 3.63. The van der Waals surface area contributed by atoms with Crippen LogP contribution in [0.5, 0.6) is 0 Å². The van der Waals surface area contributed by atoms with Gasteiger partial charge in [-0.25, -0.2) is 4.39 Å². The Bertz CT molecular complexity index is 543. The third-order valence-electron chi connectivity index (χ3n) is 3.87. The van der Waals surface area contributed by atoms with E-state index in [2.05, 4.69) is 38.1 Å². The molecule has 0 heterocycles. The number of aliphatic hydroxyl groups is 1. The summed E-state index contributed by atoms with van der Waals surface area (Å²) in [5.74, 6) is 0.482. The van der Waals surface area contributed by atoms with Crippen LogP contribution in [0.1, 0.15) is 36.5 Å². The summed E-state index contributed by atoms with van der Waals surface area (Å²) in [6.45, 7) is 4.50. The van der Waals surface area contributed by atoms with Crippen LogP contribution in [0, 0.1) is 11.7 Å². The Kier molecular flexibility index (Phi) is 5.51. The summed E-state index contributed by atoms with van der Waals surface area (Å²) < 4.78 is 12.9. The summed E-state index contributed by atoms with van der Waals surface area (Å²) >= 11 is 0. The van der Waals surface area contributed by atoms with E-state index in [1.54, 1.807) is 12.1 Å². The standard InChI is InChI=1S/C19H23FO/c1-14(2)18-7-3-15(4-8-18)11-17(13-21)12-16-5-9-19(20)10-6-16/h3-10,14,17,21H,11-13H2,1-2H3. The van der Waals surface area contributed by atoms with Gasteiger partial charge in [-0.15, -0.1) is 0 Å². The lowest BCUT2D eigenvalue weighted by atomic mass is 9.92. The molecule has 0 saturated carbocycles. The molecular weight excluding hydrogens is 263 g/mol. The molecule has 1 atom stereocenters. The second-order valence-corrected chi connectivity index (χ2v) is 5.98. The predicted octanol–water partition coefficient (Wildman–Crippen LogP) is 4.34. The van der Waals surface area contributed by atoms with Crippen molar-refractivity contribution in [2.45, 2.75) is 32.6 Å². The lowest BCUT2D eigenvalue weighted by molar-refractivity contribution is 0.225. The topological polar surface area (TPSA) is 20.2 Å². The SMILES string of the molecule is CC(C)c1ccc(CC(CO)Cc2ccc(F)cc2)cc1. The van der Waals surface area contributed by atoms with Crippen molar-refractivity contribution in [3.8, 4) is 0 Å². The van der Waals surface area contributed by atoms with Crippen LogP contribution in [-0.2, 0) is 12.8 Å². The molecule has 0 saturated heterocycles. The summed E-state index contributed by atoms with van der Waals surface area (Å²) in [7, 11) is 0. The van der Waals surface area contributed by atoms with E-state index in [1.807, 2.05) is 0 Å². The van der Waals surface area contributed by atoms with Gasteiger partial charge in [0.05, 0.1) is 0 Å². The van der Waals surface area contributed by atoms with E-state index in [-0.39, 0.29) is 18.3 Å². The fraction of sp³-hybridized carbons (Fsp3) is 0.368. The Morgan fingerprint density at radius 3 is 1.76 bits per heavy atom. The average Bonchev–Trinajstić information content (AvgIpc) is 2.49. The molecule has 1 unspecified atom stereocenters. The first kappa shape index (κ1) is 15.7. The largest absolute Gasteiger partial charge is 0.396 e. The van der Waals surface area contributed by atoms with Crippen molar-refractivity contribution < 1.29 is 9.50 Å². The van der Waals surface area contributed by atoms with Gasteiger partial charge in [0.2, 0.25) is 0 Å². The molecule has 21 heavy (non-hydrogen) atoms. The molecule has 112 valence electrons. The molecule has 0 aliphatic carbocycles. The van der Waals surface area contributed by atoms with E-state index in [4.69, 9.17) is 0 Å². The zero-order valence-corrected chi connectivity index (χ0v) is 12.7. The minimum Gasteiger partial charge on any atom is -0.396 e. The van der Waals surface area contributed by atoms with Crippen LogP contribution in [0.4, 0.5) is 4.39 Å². The molecule has 0 amide bonds. The number of benzene rings is 2. The Labute approximate surface area is 126 Å². The quantitative estimate of drug-likeness (QED) is 0.837. The van der Waals surface area contributed by atoms with Gasteiger partial charge in [0.1, 0.15) is 5.82 Å². The first-order valence-electron chi connectivity index (χ1n) is 7.52. The lowest BCUT2D eigenvalue weighted by Gasteiger charge is -2.15. The fourth-order valence-electron chi connectivity index (χ4n) is 2.53. The molecule has 0 radical (unpaired) electrons. The monoisotopic (exact) mass is 286 g/mol. The van der Waals surface area contributed by atoms with Gasteiger partial charge in [0.15, 0.2) is 0 Å². The van der Waals surface area contributed by atoms with Gasteiger partial charge < -0.3 is 5.11 Å². The van der Waals surface area contributed by atoms with Gasteiger partial charge >= 0.3 is 0 Å². The van der Waals surface area contributed by atoms with Crippen molar-refractivity contribution in [1.29, 1.82) is 0 Å². The van der Waals surface area contributed by atoms with Crippen LogP contribution in [0.15, 0.2) is 48.5 Å². The number of hydrogen-bond acceptors (Lipinski definition) is 1. The molecular formula is C19H23FO. The zero-order valence-electron chi connectivity index (χ0n) is 12.7. The molecule has 2 heteroatoms. The van der Waals surface area contributed by atoms with E-state index in [0.29, 0.717) is 5.92 Å². The highest BCUT2D eigenvalue weighted by Crippen LogP contribution is 2.18. The molecule has 0 aliphatic rings. The molecule has 0 spiro atoms. The average molecular weight is 286 g/mol. The van der Waals surface area contributed by atoms with Crippen LogP contribution in [-0.4, -0.2) is 11.7 Å². The smallest absolute Gasteiger partial charge is 0.123 e. The fourth-order valence-corrected chi connectivity index (χ4v) is 2.53. The molecule has 1 N–H and O–H groups in total. The molecule has 1 nitrogen and oxygen atoms in total. The Hall–Kier alpha value is -1.67. The van der Waals surface area contributed by atoms with Gasteiger partial charge in [-0.3, -0.25) is 0 Å². The molecule has 2 aromatic rings. The third-order valence-corrected chi connectivity index (χ3v) is 3.87. The van der Waals surface area contributed by atoms with Gasteiger partial charge in [0.25, 0.3) is 0 Å². The predicted molar refractivity (Wildman–Crippen MR) is 84.9 cm³/mol. The van der Waals surface area contributed by atoms with Crippen molar-refractivity contribution >= 4 is 0 Å². The third kappa shape index (κ3) is 4.68. The van der Waals surface area contributed by atoms with Crippen molar-refractivity contribution in [1.82, 2.24) is 0 Å². The number of aliphatic hydroxyl groups excluding tert-OH is 1. The van der Waals surface area contributed by atoms with Gasteiger partial charge in [-0.05, 0) is 53.5 Å². The minimum atomic E-state index is -0.219. The van der Waals surface area contributed by atoms with Crippen LogP contribution < -0.4 is 0 Å². The normalized spacial score (nSPS) is 12.6. The van der Waals surface area contributed by atoms with Crippen molar-refractivity contribution in [3.63, 3.8) is 0 Å². The van der Waals surface area contributed by atoms with Crippen molar-refractivity contribution in [2.24, 2.45) is 5.92 Å². The molecule has 0 aliphatic heterocycles. The van der Waals surface area contributed by atoms with E-state index >= 15 is 0 Å². The molecule has 2 rings (SSSR count). The second-order valence-electron chi connectivity index (χ2n) is 5.98. The summed E-state index contributed by atoms with van der Waals surface area (Å²) in [4.78, 5) is 0. The maximum Gasteiger partial charge on any atom is 0.123 e. The maximum atomic E-state index is 12.9. The Morgan fingerprint density at radius 2 is 1.33 bits per heavy atom. The molecule has 0 aromatic heterocycles. The van der Waals surface area contributed by atoms with E-state index < -0.39 is 0 Å². The second kappa shape index (κ2) is 7.37. The van der Waals surface area contributed by atoms with Crippen LogP contribution in [0.3, 0.4) is 0 Å². The van der Waals surface area contributed by atoms with Crippen molar-refractivity contribution in [2.75, 3.05) is 6.61 Å². The lowest BCUT2D eigenvalue weighted by Crippen LogP contribution is -2.13. The van der Waals surface area contributed by atoms with E-state index in [0.717, 1.165) is 18.4 Å². The highest BCUT2D eigenvalue weighted by Gasteiger charge is 2.10. The van der Waals surface area contributed by atoms with E-state index in [9.17, 15) is 9.50 Å². The highest BCUT2D eigenvalue weighted by atomic mass is 19.1. The summed E-state index contributed by atoms with van der Waals surface area (Å²) in [6.07, 6.45) is 1.61. The van der Waals surface area contributed by atoms with Crippen molar-refractivity contribution in [3.05, 3.63) is 71.0 Å². The molecule has 0 bridgehead atoms. The minimum absolute atomic E-state index is 0.142. The van der Waals surface area contributed by atoms with E-state index in [1.165, 1.54) is 23.3 Å². The summed E-state index contributed by atoms with van der Waals surface area (Å²) in [5, 5.41) is 9.57. The van der Waals surface area contributed by atoms with Gasteiger partial charge in [-0.2, -0.15) is 0 Å². The van der Waals surface area contributed by atoms with Crippen LogP contribution >= 0.6 is 0 Å². The van der Waals surface area contributed by atoms with Crippen LogP contribution in [0.25, 0.3) is 0 Å². The number of halogens is 1. The number of hydrogen-bond donors (Lipinski definition) is 1. The highest BCUT2D eigenvalue weighted by molar-refractivity contribution is 5.25. The maximum absolute atomic E-state index is 12.9. The first-order valence-corrected chi connectivity index (χ1v) is 7.52. The zero-order chi connectivity index (χ0) is 15.2. The Morgan fingerprint density at radius 1 is 0.857 bits per heavy atom.